The second kappa shape index (κ2) is 4.53. The molecule has 1 heterocycles. The summed E-state index contributed by atoms with van der Waals surface area (Å²) in [7, 11) is 0. The summed E-state index contributed by atoms with van der Waals surface area (Å²) in [5, 5.41) is 3.21. The molecule has 0 saturated heterocycles. The van der Waals surface area contributed by atoms with Crippen LogP contribution in [0.25, 0.3) is 0 Å². The Morgan fingerprint density at radius 3 is 2.44 bits per heavy atom. The Morgan fingerprint density at radius 1 is 1.12 bits per heavy atom. The number of aryl methyl sites for hydroxylation is 1. The Bertz CT molecular complexity index is 494. The third-order valence-corrected chi connectivity index (χ3v) is 2.77. The van der Waals surface area contributed by atoms with Gasteiger partial charge in [0.2, 0.25) is 0 Å². The van der Waals surface area contributed by atoms with Gasteiger partial charge in [0.1, 0.15) is 5.82 Å². The van der Waals surface area contributed by atoms with E-state index in [1.54, 1.807) is 0 Å². The van der Waals surface area contributed by atoms with E-state index in [0.717, 1.165) is 21.7 Å². The van der Waals surface area contributed by atoms with Crippen molar-refractivity contribution >= 4 is 33.1 Å². The third-order valence-electron chi connectivity index (χ3n) is 2.24. The van der Waals surface area contributed by atoms with Gasteiger partial charge < -0.3 is 11.1 Å². The van der Waals surface area contributed by atoms with Crippen LogP contribution in [0.3, 0.4) is 0 Å². The molecule has 4 heteroatoms. The van der Waals surface area contributed by atoms with Crippen LogP contribution < -0.4 is 11.1 Å². The maximum Gasteiger partial charge on any atom is 0.130 e. The van der Waals surface area contributed by atoms with Crippen LogP contribution in [0.5, 0.6) is 0 Å². The Kier molecular flexibility index (Phi) is 3.10. The van der Waals surface area contributed by atoms with E-state index in [4.69, 9.17) is 5.73 Å². The summed E-state index contributed by atoms with van der Waals surface area (Å²) in [4.78, 5) is 4.34. The molecular formula is C12H12BrN3. The van der Waals surface area contributed by atoms with Crippen LogP contribution in [0.1, 0.15) is 5.69 Å². The lowest BCUT2D eigenvalue weighted by atomic mass is 10.3. The number of hydrogen-bond acceptors (Lipinski definition) is 3. The molecule has 1 aromatic heterocycles. The molecule has 1 aromatic carbocycles. The number of nitrogens with two attached hydrogens (primary N) is 1. The number of nitrogens with zero attached hydrogens (tertiary/aromatic N) is 1. The van der Waals surface area contributed by atoms with E-state index in [2.05, 4.69) is 26.2 Å². The van der Waals surface area contributed by atoms with Gasteiger partial charge in [-0.15, -0.1) is 0 Å². The number of rotatable bonds is 2. The molecule has 3 N–H and O–H groups in total. The van der Waals surface area contributed by atoms with Crippen LogP contribution in [0, 0.1) is 6.92 Å². The maximum atomic E-state index is 5.71. The zero-order valence-electron chi connectivity index (χ0n) is 8.87. The first-order valence-corrected chi connectivity index (χ1v) is 5.70. The molecule has 0 atom stereocenters. The minimum absolute atomic E-state index is 0.710. The van der Waals surface area contributed by atoms with Gasteiger partial charge >= 0.3 is 0 Å². The predicted molar refractivity (Wildman–Crippen MR) is 70.8 cm³/mol. The molecule has 0 fully saturated rings. The summed E-state index contributed by atoms with van der Waals surface area (Å²) in [6.45, 7) is 1.89. The minimum Gasteiger partial charge on any atom is -0.397 e. The first-order chi connectivity index (χ1) is 7.65. The summed E-state index contributed by atoms with van der Waals surface area (Å²) in [5.74, 6) is 0.800. The van der Waals surface area contributed by atoms with Crippen LogP contribution >= 0.6 is 15.9 Å². The number of pyridine rings is 1. The van der Waals surface area contributed by atoms with E-state index < -0.39 is 0 Å². The van der Waals surface area contributed by atoms with Crippen LogP contribution in [-0.2, 0) is 0 Å². The minimum atomic E-state index is 0.710. The van der Waals surface area contributed by atoms with Gasteiger partial charge in [0.25, 0.3) is 0 Å². The number of nitrogens with one attached hydrogen (secondary N) is 1. The second-order valence-corrected chi connectivity index (χ2v) is 4.42. The quantitative estimate of drug-likeness (QED) is 0.884. The van der Waals surface area contributed by atoms with Gasteiger partial charge in [0.15, 0.2) is 0 Å². The normalized spacial score (nSPS) is 10.1. The van der Waals surface area contributed by atoms with Crippen molar-refractivity contribution in [1.82, 2.24) is 4.98 Å². The SMILES string of the molecule is Cc1nc(Nc2ccc(Br)cc2)ccc1N. The summed E-state index contributed by atoms with van der Waals surface area (Å²) >= 11 is 3.39. The monoisotopic (exact) mass is 277 g/mol. The first-order valence-electron chi connectivity index (χ1n) is 4.91. The van der Waals surface area contributed by atoms with Crippen molar-refractivity contribution in [2.75, 3.05) is 11.1 Å². The van der Waals surface area contributed by atoms with Gasteiger partial charge in [-0.3, -0.25) is 0 Å². The largest absolute Gasteiger partial charge is 0.397 e. The number of hydrogen-bond donors (Lipinski definition) is 2. The number of anilines is 3. The maximum absolute atomic E-state index is 5.71. The third kappa shape index (κ3) is 2.52. The molecule has 82 valence electrons. The number of aromatic nitrogens is 1. The van der Waals surface area contributed by atoms with E-state index in [9.17, 15) is 0 Å². The molecule has 0 bridgehead atoms. The molecule has 0 spiro atoms. The van der Waals surface area contributed by atoms with Gasteiger partial charge in [-0.1, -0.05) is 15.9 Å². The molecular weight excluding hydrogens is 266 g/mol. The fourth-order valence-corrected chi connectivity index (χ4v) is 1.59. The lowest BCUT2D eigenvalue weighted by molar-refractivity contribution is 1.20. The van der Waals surface area contributed by atoms with Crippen LogP contribution in [0.4, 0.5) is 17.2 Å². The van der Waals surface area contributed by atoms with E-state index >= 15 is 0 Å². The highest BCUT2D eigenvalue weighted by molar-refractivity contribution is 9.10. The average molecular weight is 278 g/mol. The van der Waals surface area contributed by atoms with Crippen molar-refractivity contribution in [1.29, 1.82) is 0 Å². The average Bonchev–Trinajstić information content (AvgIpc) is 2.27. The van der Waals surface area contributed by atoms with Gasteiger partial charge in [0.05, 0.1) is 11.4 Å². The van der Waals surface area contributed by atoms with E-state index in [0.29, 0.717) is 5.69 Å². The van der Waals surface area contributed by atoms with Crippen molar-refractivity contribution in [2.45, 2.75) is 6.92 Å². The summed E-state index contributed by atoms with van der Waals surface area (Å²) < 4.78 is 1.06. The molecule has 0 aliphatic carbocycles. The van der Waals surface area contributed by atoms with Crippen molar-refractivity contribution < 1.29 is 0 Å². The summed E-state index contributed by atoms with van der Waals surface area (Å²) in [5.41, 5.74) is 8.25. The van der Waals surface area contributed by atoms with Crippen molar-refractivity contribution in [3.8, 4) is 0 Å². The Balaban J connectivity index is 2.20. The van der Waals surface area contributed by atoms with Gasteiger partial charge in [-0.2, -0.15) is 0 Å². The highest BCUT2D eigenvalue weighted by Gasteiger charge is 1.99. The number of nitrogen functional groups attached to an aromatic ring is 1. The molecule has 0 saturated carbocycles. The molecule has 0 unspecified atom stereocenters. The van der Waals surface area contributed by atoms with Gasteiger partial charge in [-0.25, -0.2) is 4.98 Å². The Labute approximate surface area is 103 Å². The molecule has 0 aliphatic rings. The second-order valence-electron chi connectivity index (χ2n) is 3.50. The molecule has 16 heavy (non-hydrogen) atoms. The number of halogens is 1. The Morgan fingerprint density at radius 2 is 1.81 bits per heavy atom. The van der Waals surface area contributed by atoms with Gasteiger partial charge in [-0.05, 0) is 43.3 Å². The molecule has 0 amide bonds. The smallest absolute Gasteiger partial charge is 0.130 e. The van der Waals surface area contributed by atoms with Crippen LogP contribution in [0.2, 0.25) is 0 Å². The summed E-state index contributed by atoms with van der Waals surface area (Å²) in [6, 6.07) is 11.6. The van der Waals surface area contributed by atoms with E-state index in [1.807, 2.05) is 43.3 Å². The summed E-state index contributed by atoms with van der Waals surface area (Å²) in [6.07, 6.45) is 0. The molecule has 3 nitrogen and oxygen atoms in total. The number of benzene rings is 1. The highest BCUT2D eigenvalue weighted by Crippen LogP contribution is 2.19. The fraction of sp³-hybridized carbons (Fsp3) is 0.0833. The van der Waals surface area contributed by atoms with Crippen molar-refractivity contribution in [3.05, 3.63) is 46.6 Å². The molecule has 0 aliphatic heterocycles. The lowest BCUT2D eigenvalue weighted by Gasteiger charge is -2.07. The molecule has 2 rings (SSSR count). The predicted octanol–water partition coefficient (Wildman–Crippen LogP) is 3.48. The van der Waals surface area contributed by atoms with E-state index in [1.165, 1.54) is 0 Å². The molecule has 2 aromatic rings. The van der Waals surface area contributed by atoms with Crippen LogP contribution in [-0.4, -0.2) is 4.98 Å². The Hall–Kier alpha value is -1.55. The van der Waals surface area contributed by atoms with Crippen molar-refractivity contribution in [3.63, 3.8) is 0 Å². The molecule has 0 radical (unpaired) electrons. The van der Waals surface area contributed by atoms with Gasteiger partial charge in [0, 0.05) is 10.2 Å². The standard InChI is InChI=1S/C12H12BrN3/c1-8-11(14)6-7-12(15-8)16-10-4-2-9(13)3-5-10/h2-7H,14H2,1H3,(H,15,16). The zero-order valence-corrected chi connectivity index (χ0v) is 10.5. The highest BCUT2D eigenvalue weighted by atomic mass is 79.9. The lowest BCUT2D eigenvalue weighted by Crippen LogP contribution is -1.98. The van der Waals surface area contributed by atoms with Crippen LogP contribution in [0.15, 0.2) is 40.9 Å². The van der Waals surface area contributed by atoms with Crippen molar-refractivity contribution in [2.24, 2.45) is 0 Å². The first kappa shape index (κ1) is 11.0. The zero-order chi connectivity index (χ0) is 11.5. The fourth-order valence-electron chi connectivity index (χ4n) is 1.32. The topological polar surface area (TPSA) is 50.9 Å². The van der Waals surface area contributed by atoms with E-state index in [-0.39, 0.29) is 0 Å².